The normalized spacial score (nSPS) is 12.4. The molecule has 0 saturated carbocycles. The van der Waals surface area contributed by atoms with E-state index in [9.17, 15) is 9.18 Å². The molecule has 0 radical (unpaired) electrons. The summed E-state index contributed by atoms with van der Waals surface area (Å²) in [7, 11) is 3.91. The summed E-state index contributed by atoms with van der Waals surface area (Å²) in [6.45, 7) is 4.03. The second kappa shape index (κ2) is 7.80. The largest absolute Gasteiger partial charge is 0.350 e. The summed E-state index contributed by atoms with van der Waals surface area (Å²) >= 11 is 0. The zero-order valence-corrected chi connectivity index (χ0v) is 16.0. The molecule has 0 spiro atoms. The molecular formula is C21H23FN4O. The van der Waals surface area contributed by atoms with Crippen molar-refractivity contribution in [1.29, 1.82) is 0 Å². The Morgan fingerprint density at radius 3 is 2.44 bits per heavy atom. The number of nitrogens with one attached hydrogen (secondary N) is 1. The topological polar surface area (TPSA) is 58.1 Å². The Bertz CT molecular complexity index is 973. The van der Waals surface area contributed by atoms with Crippen LogP contribution in [0.4, 0.5) is 4.39 Å². The quantitative estimate of drug-likeness (QED) is 0.752. The van der Waals surface area contributed by atoms with E-state index in [4.69, 9.17) is 0 Å². The van der Waals surface area contributed by atoms with Crippen molar-refractivity contribution >= 4 is 16.9 Å². The van der Waals surface area contributed by atoms with Gasteiger partial charge in [0.2, 0.25) is 0 Å². The first kappa shape index (κ1) is 18.9. The van der Waals surface area contributed by atoms with Crippen molar-refractivity contribution in [2.75, 3.05) is 20.6 Å². The van der Waals surface area contributed by atoms with E-state index >= 15 is 0 Å². The van der Waals surface area contributed by atoms with Crippen LogP contribution in [0.1, 0.15) is 33.4 Å². The number of likely N-dealkylation sites (N-methyl/N-ethyl adjacent to an activating group) is 1. The molecule has 2 aromatic carbocycles. The van der Waals surface area contributed by atoms with Crippen molar-refractivity contribution in [3.8, 4) is 0 Å². The molecule has 0 saturated heterocycles. The molecule has 1 atom stereocenters. The lowest BCUT2D eigenvalue weighted by Crippen LogP contribution is -2.34. The van der Waals surface area contributed by atoms with Crippen LogP contribution in [0, 0.1) is 19.7 Å². The second-order valence-electron chi connectivity index (χ2n) is 6.82. The smallest absolute Gasteiger partial charge is 0.253 e. The summed E-state index contributed by atoms with van der Waals surface area (Å²) < 4.78 is 14.0. The molecule has 0 aliphatic rings. The molecular weight excluding hydrogens is 343 g/mol. The van der Waals surface area contributed by atoms with Gasteiger partial charge < -0.3 is 10.2 Å². The van der Waals surface area contributed by atoms with Crippen LogP contribution in [-0.4, -0.2) is 41.4 Å². The Labute approximate surface area is 158 Å². The molecule has 3 rings (SSSR count). The van der Waals surface area contributed by atoms with E-state index in [-0.39, 0.29) is 17.5 Å². The van der Waals surface area contributed by atoms with Crippen LogP contribution < -0.4 is 5.32 Å². The molecule has 27 heavy (non-hydrogen) atoms. The molecule has 0 bridgehead atoms. The van der Waals surface area contributed by atoms with Crippen molar-refractivity contribution in [2.24, 2.45) is 0 Å². The van der Waals surface area contributed by atoms with E-state index in [2.05, 4.69) is 15.3 Å². The van der Waals surface area contributed by atoms with E-state index in [1.807, 2.05) is 63.2 Å². The molecule has 3 aromatic rings. The Morgan fingerprint density at radius 2 is 1.78 bits per heavy atom. The third kappa shape index (κ3) is 4.11. The third-order valence-electron chi connectivity index (χ3n) is 4.65. The average Bonchev–Trinajstić information content (AvgIpc) is 2.63. The number of aryl methyl sites for hydroxylation is 2. The maximum Gasteiger partial charge on any atom is 0.253 e. The second-order valence-corrected chi connectivity index (χ2v) is 6.82. The first-order chi connectivity index (χ1) is 12.9. The molecule has 0 aliphatic heterocycles. The van der Waals surface area contributed by atoms with E-state index in [1.165, 1.54) is 12.1 Å². The number of amides is 1. The van der Waals surface area contributed by atoms with Gasteiger partial charge >= 0.3 is 0 Å². The molecule has 1 aromatic heterocycles. The lowest BCUT2D eigenvalue weighted by molar-refractivity contribution is 0.0943. The minimum absolute atomic E-state index is 0.00466. The molecule has 6 heteroatoms. The van der Waals surface area contributed by atoms with E-state index in [0.29, 0.717) is 17.6 Å². The summed E-state index contributed by atoms with van der Waals surface area (Å²) in [5.41, 5.74) is 3.53. The van der Waals surface area contributed by atoms with Gasteiger partial charge in [0.15, 0.2) is 0 Å². The number of fused-ring (bicyclic) bond motifs is 1. The van der Waals surface area contributed by atoms with Crippen molar-refractivity contribution in [1.82, 2.24) is 20.2 Å². The number of aromatic nitrogens is 2. The summed E-state index contributed by atoms with van der Waals surface area (Å²) in [5, 5.41) is 2.92. The molecule has 0 fully saturated rings. The standard InChI is InChI=1S/C21H23FN4O/c1-13-14(2)25-20-17(10-16(22)11-18(20)24-13)21(27)23-12-19(26(3)4)15-8-6-5-7-9-15/h5-11,19H,12H2,1-4H3,(H,23,27). The molecule has 5 nitrogen and oxygen atoms in total. The highest BCUT2D eigenvalue weighted by molar-refractivity contribution is 6.04. The van der Waals surface area contributed by atoms with Crippen LogP contribution in [0.15, 0.2) is 42.5 Å². The molecule has 140 valence electrons. The SMILES string of the molecule is Cc1nc2cc(F)cc(C(=O)NCC(c3ccccc3)N(C)C)c2nc1C. The summed E-state index contributed by atoms with van der Waals surface area (Å²) in [6, 6.07) is 12.5. The van der Waals surface area contributed by atoms with Gasteiger partial charge in [-0.2, -0.15) is 0 Å². The predicted octanol–water partition coefficient (Wildman–Crippen LogP) is 3.42. The zero-order valence-electron chi connectivity index (χ0n) is 16.0. The maximum atomic E-state index is 14.0. The number of hydrogen-bond donors (Lipinski definition) is 1. The van der Waals surface area contributed by atoms with Crippen LogP contribution in [-0.2, 0) is 0 Å². The fourth-order valence-electron chi connectivity index (χ4n) is 3.03. The highest BCUT2D eigenvalue weighted by atomic mass is 19.1. The fourth-order valence-corrected chi connectivity index (χ4v) is 3.03. The highest BCUT2D eigenvalue weighted by Gasteiger charge is 2.19. The number of benzene rings is 2. The summed E-state index contributed by atoms with van der Waals surface area (Å²) in [5.74, 6) is -0.864. The van der Waals surface area contributed by atoms with E-state index in [0.717, 1.165) is 17.0 Å². The molecule has 1 unspecified atom stereocenters. The number of rotatable bonds is 5. The lowest BCUT2D eigenvalue weighted by atomic mass is 10.1. The minimum atomic E-state index is -0.502. The Balaban J connectivity index is 1.89. The van der Waals surface area contributed by atoms with Crippen LogP contribution in [0.2, 0.25) is 0 Å². The maximum absolute atomic E-state index is 14.0. The van der Waals surface area contributed by atoms with Gasteiger partial charge in [0, 0.05) is 12.6 Å². The molecule has 1 amide bonds. The molecule has 1 heterocycles. The third-order valence-corrected chi connectivity index (χ3v) is 4.65. The van der Waals surface area contributed by atoms with Crippen LogP contribution in [0.5, 0.6) is 0 Å². The Kier molecular flexibility index (Phi) is 5.46. The van der Waals surface area contributed by atoms with Crippen molar-refractivity contribution in [3.05, 3.63) is 70.8 Å². The number of nitrogens with zero attached hydrogens (tertiary/aromatic N) is 3. The fraction of sp³-hybridized carbons (Fsp3) is 0.286. The molecule has 0 aliphatic carbocycles. The van der Waals surface area contributed by atoms with Crippen molar-refractivity contribution in [2.45, 2.75) is 19.9 Å². The van der Waals surface area contributed by atoms with Gasteiger partial charge in [0.05, 0.1) is 28.5 Å². The van der Waals surface area contributed by atoms with Crippen LogP contribution >= 0.6 is 0 Å². The van der Waals surface area contributed by atoms with Gasteiger partial charge in [-0.1, -0.05) is 30.3 Å². The van der Waals surface area contributed by atoms with E-state index in [1.54, 1.807) is 0 Å². The van der Waals surface area contributed by atoms with Crippen molar-refractivity contribution in [3.63, 3.8) is 0 Å². The molecule has 1 N–H and O–H groups in total. The Morgan fingerprint density at radius 1 is 1.11 bits per heavy atom. The van der Waals surface area contributed by atoms with Crippen LogP contribution in [0.25, 0.3) is 11.0 Å². The first-order valence-electron chi connectivity index (χ1n) is 8.81. The van der Waals surface area contributed by atoms with E-state index < -0.39 is 5.82 Å². The average molecular weight is 366 g/mol. The predicted molar refractivity (Wildman–Crippen MR) is 104 cm³/mol. The lowest BCUT2D eigenvalue weighted by Gasteiger charge is -2.25. The Hall–Kier alpha value is -2.86. The van der Waals surface area contributed by atoms with Crippen molar-refractivity contribution < 1.29 is 9.18 Å². The zero-order chi connectivity index (χ0) is 19.6. The number of carbonyl (C=O) groups excluding carboxylic acids is 1. The summed E-state index contributed by atoms with van der Waals surface area (Å²) in [6.07, 6.45) is 0. The number of carbonyl (C=O) groups is 1. The van der Waals surface area contributed by atoms with Gasteiger partial charge in [0.1, 0.15) is 11.3 Å². The van der Waals surface area contributed by atoms with Gasteiger partial charge in [0.25, 0.3) is 5.91 Å². The summed E-state index contributed by atoms with van der Waals surface area (Å²) in [4.78, 5) is 23.7. The highest BCUT2D eigenvalue weighted by Crippen LogP contribution is 2.20. The number of hydrogen-bond acceptors (Lipinski definition) is 4. The minimum Gasteiger partial charge on any atom is -0.350 e. The van der Waals surface area contributed by atoms with Gasteiger partial charge in [-0.3, -0.25) is 4.79 Å². The van der Waals surface area contributed by atoms with Crippen LogP contribution in [0.3, 0.4) is 0 Å². The first-order valence-corrected chi connectivity index (χ1v) is 8.81. The number of halogens is 1. The van der Waals surface area contributed by atoms with Gasteiger partial charge in [-0.15, -0.1) is 0 Å². The van der Waals surface area contributed by atoms with Gasteiger partial charge in [-0.25, -0.2) is 14.4 Å². The van der Waals surface area contributed by atoms with Gasteiger partial charge in [-0.05, 0) is 39.6 Å². The monoisotopic (exact) mass is 366 g/mol.